The third-order valence-electron chi connectivity index (χ3n) is 6.01. The molecule has 0 aromatic heterocycles. The molecule has 1 aromatic rings. The topological polar surface area (TPSA) is 55.4 Å². The van der Waals surface area contributed by atoms with E-state index in [-0.39, 0.29) is 23.9 Å². The third kappa shape index (κ3) is 3.45. The highest BCUT2D eigenvalue weighted by molar-refractivity contribution is 9.10. The molecule has 4 aliphatic carbocycles. The summed E-state index contributed by atoms with van der Waals surface area (Å²) in [6, 6.07) is 5.17. The second kappa shape index (κ2) is 6.58. The summed E-state index contributed by atoms with van der Waals surface area (Å²) in [6.07, 6.45) is 6.66. The maximum Gasteiger partial charge on any atom is 0.312 e. The van der Waals surface area contributed by atoms with E-state index < -0.39 is 0 Å². The number of esters is 1. The van der Waals surface area contributed by atoms with Gasteiger partial charge in [0, 0.05) is 10.2 Å². The molecular weight excluding hydrogens is 406 g/mol. The second-order valence-corrected chi connectivity index (χ2v) is 9.21. The molecule has 134 valence electrons. The van der Waals surface area contributed by atoms with Crippen molar-refractivity contribution in [1.29, 1.82) is 0 Å². The van der Waals surface area contributed by atoms with E-state index in [4.69, 9.17) is 16.3 Å². The first kappa shape index (κ1) is 17.3. The van der Waals surface area contributed by atoms with Crippen LogP contribution < -0.4 is 5.32 Å². The average molecular weight is 427 g/mol. The van der Waals surface area contributed by atoms with E-state index in [0.717, 1.165) is 23.7 Å². The minimum Gasteiger partial charge on any atom is -0.455 e. The van der Waals surface area contributed by atoms with Crippen LogP contribution in [0.4, 0.5) is 5.69 Å². The number of carbonyl (C=O) groups is 2. The molecule has 0 radical (unpaired) electrons. The lowest BCUT2D eigenvalue weighted by Gasteiger charge is -2.55. The molecule has 1 N–H and O–H groups in total. The van der Waals surface area contributed by atoms with Gasteiger partial charge in [-0.3, -0.25) is 9.59 Å². The van der Waals surface area contributed by atoms with Crippen LogP contribution in [-0.2, 0) is 14.3 Å². The molecule has 0 spiro atoms. The molecular formula is C19H21BrClNO3. The Labute approximate surface area is 160 Å². The van der Waals surface area contributed by atoms with Crippen molar-refractivity contribution in [3.8, 4) is 0 Å². The van der Waals surface area contributed by atoms with Crippen LogP contribution in [0.3, 0.4) is 0 Å². The van der Waals surface area contributed by atoms with Crippen molar-refractivity contribution >= 4 is 45.1 Å². The van der Waals surface area contributed by atoms with Crippen LogP contribution in [0, 0.1) is 23.2 Å². The van der Waals surface area contributed by atoms with Crippen molar-refractivity contribution in [3.05, 3.63) is 27.7 Å². The monoisotopic (exact) mass is 425 g/mol. The first-order chi connectivity index (χ1) is 11.9. The Morgan fingerprint density at radius 2 is 1.76 bits per heavy atom. The molecule has 4 fully saturated rings. The van der Waals surface area contributed by atoms with Crippen LogP contribution >= 0.6 is 27.5 Å². The van der Waals surface area contributed by atoms with E-state index >= 15 is 0 Å². The number of rotatable bonds is 4. The van der Waals surface area contributed by atoms with Crippen molar-refractivity contribution in [1.82, 2.24) is 0 Å². The largest absolute Gasteiger partial charge is 0.455 e. The highest BCUT2D eigenvalue weighted by atomic mass is 79.9. The van der Waals surface area contributed by atoms with Crippen molar-refractivity contribution in [3.63, 3.8) is 0 Å². The van der Waals surface area contributed by atoms with E-state index in [2.05, 4.69) is 21.2 Å². The third-order valence-corrected chi connectivity index (χ3v) is 7.24. The van der Waals surface area contributed by atoms with Gasteiger partial charge in [-0.1, -0.05) is 11.6 Å². The first-order valence-electron chi connectivity index (χ1n) is 8.86. The summed E-state index contributed by atoms with van der Waals surface area (Å²) < 4.78 is 6.19. The molecule has 1 amide bonds. The zero-order valence-electron chi connectivity index (χ0n) is 13.9. The van der Waals surface area contributed by atoms with Gasteiger partial charge in [-0.05, 0) is 90.4 Å². The van der Waals surface area contributed by atoms with Gasteiger partial charge in [0.2, 0.25) is 0 Å². The second-order valence-electron chi connectivity index (χ2n) is 7.95. The van der Waals surface area contributed by atoms with E-state index in [1.807, 2.05) is 0 Å². The number of nitrogens with one attached hydrogen (secondary N) is 1. The summed E-state index contributed by atoms with van der Waals surface area (Å²) in [6.45, 7) is -0.242. The van der Waals surface area contributed by atoms with Gasteiger partial charge in [0.15, 0.2) is 6.61 Å². The Morgan fingerprint density at radius 3 is 2.32 bits per heavy atom. The molecule has 6 heteroatoms. The Balaban J connectivity index is 1.34. The molecule has 4 saturated carbocycles. The summed E-state index contributed by atoms with van der Waals surface area (Å²) in [7, 11) is 0. The standard InChI is InChI=1S/C19H21BrClNO3/c20-15-2-1-14(6-16(15)21)22-17(23)10-25-18(24)19-7-11-3-12(8-19)5-13(4-11)9-19/h1-2,6,11-13H,3-5,7-10H2,(H,22,23). The van der Waals surface area contributed by atoms with Gasteiger partial charge in [0.1, 0.15) is 0 Å². The molecule has 1 aromatic carbocycles. The fourth-order valence-corrected chi connectivity index (χ4v) is 5.84. The summed E-state index contributed by atoms with van der Waals surface area (Å²) in [5, 5.41) is 3.23. The normalized spacial score (nSPS) is 32.5. The predicted molar refractivity (Wildman–Crippen MR) is 99.3 cm³/mol. The molecule has 4 bridgehead atoms. The maximum atomic E-state index is 12.7. The molecule has 0 heterocycles. The van der Waals surface area contributed by atoms with E-state index in [9.17, 15) is 9.59 Å². The fourth-order valence-electron chi connectivity index (χ4n) is 5.42. The lowest BCUT2D eigenvalue weighted by Crippen LogP contribution is -2.50. The molecule has 0 unspecified atom stereocenters. The fraction of sp³-hybridized carbons (Fsp3) is 0.579. The molecule has 0 aliphatic heterocycles. The van der Waals surface area contributed by atoms with Crippen molar-refractivity contribution in [2.24, 2.45) is 23.2 Å². The van der Waals surface area contributed by atoms with Crippen molar-refractivity contribution in [2.45, 2.75) is 38.5 Å². The Morgan fingerprint density at radius 1 is 1.16 bits per heavy atom. The molecule has 5 rings (SSSR count). The van der Waals surface area contributed by atoms with Crippen molar-refractivity contribution < 1.29 is 14.3 Å². The highest BCUT2D eigenvalue weighted by Gasteiger charge is 2.55. The average Bonchev–Trinajstić information content (AvgIpc) is 2.55. The molecule has 25 heavy (non-hydrogen) atoms. The summed E-state index contributed by atoms with van der Waals surface area (Å²) >= 11 is 9.33. The SMILES string of the molecule is O=C(COC(=O)C12CC3CC(CC(C3)C1)C2)Nc1ccc(Br)c(Cl)c1. The van der Waals surface area contributed by atoms with Crippen LogP contribution in [0.1, 0.15) is 38.5 Å². The number of hydrogen-bond donors (Lipinski definition) is 1. The smallest absolute Gasteiger partial charge is 0.312 e. The maximum absolute atomic E-state index is 12.7. The molecule has 4 aliphatic rings. The van der Waals surface area contributed by atoms with E-state index in [1.54, 1.807) is 18.2 Å². The minimum absolute atomic E-state index is 0.171. The van der Waals surface area contributed by atoms with Crippen LogP contribution in [0.2, 0.25) is 5.02 Å². The number of halogens is 2. The summed E-state index contributed by atoms with van der Waals surface area (Å²) in [5.41, 5.74) is 0.264. The highest BCUT2D eigenvalue weighted by Crippen LogP contribution is 2.60. The van der Waals surface area contributed by atoms with E-state index in [1.165, 1.54) is 19.3 Å². The number of amides is 1. The summed E-state index contributed by atoms with van der Waals surface area (Å²) in [4.78, 5) is 24.8. The van der Waals surface area contributed by atoms with Crippen LogP contribution in [0.25, 0.3) is 0 Å². The van der Waals surface area contributed by atoms with Gasteiger partial charge in [0.25, 0.3) is 5.91 Å². The lowest BCUT2D eigenvalue weighted by atomic mass is 9.49. The first-order valence-corrected chi connectivity index (χ1v) is 10.0. The molecule has 4 nitrogen and oxygen atoms in total. The summed E-state index contributed by atoms with van der Waals surface area (Å²) in [5.74, 6) is 1.53. The minimum atomic E-state index is -0.337. The molecule has 0 atom stereocenters. The zero-order valence-corrected chi connectivity index (χ0v) is 16.2. The number of anilines is 1. The molecule has 0 saturated heterocycles. The van der Waals surface area contributed by atoms with Gasteiger partial charge in [-0.25, -0.2) is 0 Å². The lowest BCUT2D eigenvalue weighted by molar-refractivity contribution is -0.172. The van der Waals surface area contributed by atoms with Crippen molar-refractivity contribution in [2.75, 3.05) is 11.9 Å². The quantitative estimate of drug-likeness (QED) is 0.704. The van der Waals surface area contributed by atoms with Gasteiger partial charge < -0.3 is 10.1 Å². The Bertz CT molecular complexity index is 685. The van der Waals surface area contributed by atoms with Crippen LogP contribution in [-0.4, -0.2) is 18.5 Å². The zero-order chi connectivity index (χ0) is 17.6. The predicted octanol–water partition coefficient (Wildman–Crippen LogP) is 4.80. The van der Waals surface area contributed by atoms with Gasteiger partial charge in [0.05, 0.1) is 10.4 Å². The van der Waals surface area contributed by atoms with E-state index in [0.29, 0.717) is 28.5 Å². The Hall–Kier alpha value is -1.07. The van der Waals surface area contributed by atoms with Gasteiger partial charge in [-0.15, -0.1) is 0 Å². The van der Waals surface area contributed by atoms with Gasteiger partial charge in [-0.2, -0.15) is 0 Å². The number of ether oxygens (including phenoxy) is 1. The van der Waals surface area contributed by atoms with Crippen LogP contribution in [0.5, 0.6) is 0 Å². The van der Waals surface area contributed by atoms with Gasteiger partial charge >= 0.3 is 5.97 Å². The number of benzene rings is 1. The number of carbonyl (C=O) groups excluding carboxylic acids is 2. The number of hydrogen-bond acceptors (Lipinski definition) is 3. The Kier molecular flexibility index (Phi) is 4.57. The van der Waals surface area contributed by atoms with Crippen LogP contribution in [0.15, 0.2) is 22.7 Å².